The first-order valence-corrected chi connectivity index (χ1v) is 11.3. The topological polar surface area (TPSA) is 83.7 Å². The number of hydrogen-bond acceptors (Lipinski definition) is 4. The summed E-state index contributed by atoms with van der Waals surface area (Å²) >= 11 is 0. The number of amides is 2. The van der Waals surface area contributed by atoms with Crippen LogP contribution in [0.2, 0.25) is 0 Å². The second-order valence-electron chi connectivity index (χ2n) is 8.90. The standard InChI is InChI=1S/C26H25N3O4/c1-32-20-9-5-4-8-19(20)29-15-26-12-10-21(33-26)22(23(26)25(29)31)24(30)27-13-11-16-14-28-18-7-3-2-6-17(16)18/h2-10,12,14,21-23,28H,11,13,15H2,1H3,(H,27,30). The van der Waals surface area contributed by atoms with E-state index in [2.05, 4.69) is 16.4 Å². The van der Waals surface area contributed by atoms with Gasteiger partial charge in [-0.25, -0.2) is 0 Å². The average Bonchev–Trinajstić information content (AvgIpc) is 3.59. The molecule has 2 aromatic carbocycles. The first-order valence-electron chi connectivity index (χ1n) is 11.3. The van der Waals surface area contributed by atoms with Crippen molar-refractivity contribution in [1.29, 1.82) is 0 Å². The fourth-order valence-corrected chi connectivity index (χ4v) is 5.63. The van der Waals surface area contributed by atoms with E-state index in [1.165, 1.54) is 0 Å². The molecule has 2 bridgehead atoms. The second-order valence-corrected chi connectivity index (χ2v) is 8.90. The van der Waals surface area contributed by atoms with Gasteiger partial charge in [0.1, 0.15) is 11.4 Å². The molecule has 168 valence electrons. The number of aromatic amines is 1. The van der Waals surface area contributed by atoms with Crippen molar-refractivity contribution in [2.75, 3.05) is 25.1 Å². The summed E-state index contributed by atoms with van der Waals surface area (Å²) in [5.41, 5.74) is 2.18. The molecular formula is C26H25N3O4. The maximum Gasteiger partial charge on any atom is 0.234 e. The molecule has 2 saturated heterocycles. The third kappa shape index (κ3) is 2.99. The van der Waals surface area contributed by atoms with E-state index in [0.717, 1.165) is 16.5 Å². The summed E-state index contributed by atoms with van der Waals surface area (Å²) in [6, 6.07) is 15.6. The number of aromatic nitrogens is 1. The molecule has 0 saturated carbocycles. The molecule has 2 amide bonds. The van der Waals surface area contributed by atoms with Gasteiger partial charge < -0.3 is 24.7 Å². The van der Waals surface area contributed by atoms with E-state index in [4.69, 9.17) is 9.47 Å². The molecule has 3 aliphatic heterocycles. The van der Waals surface area contributed by atoms with Crippen molar-refractivity contribution in [2.45, 2.75) is 18.1 Å². The van der Waals surface area contributed by atoms with Crippen LogP contribution in [0, 0.1) is 11.8 Å². The molecule has 0 aliphatic carbocycles. The normalized spacial score (nSPS) is 27.4. The van der Waals surface area contributed by atoms with Crippen molar-refractivity contribution in [3.63, 3.8) is 0 Å². The van der Waals surface area contributed by atoms with Crippen LogP contribution in [0.3, 0.4) is 0 Å². The van der Waals surface area contributed by atoms with E-state index < -0.39 is 17.4 Å². The van der Waals surface area contributed by atoms with Crippen LogP contribution < -0.4 is 15.0 Å². The molecule has 1 aromatic heterocycles. The molecule has 7 heteroatoms. The van der Waals surface area contributed by atoms with E-state index in [0.29, 0.717) is 30.9 Å². The first-order chi connectivity index (χ1) is 16.1. The number of para-hydroxylation sites is 3. The Kier molecular flexibility index (Phi) is 4.55. The summed E-state index contributed by atoms with van der Waals surface area (Å²) in [5.74, 6) is -0.675. The lowest BCUT2D eigenvalue weighted by Crippen LogP contribution is -2.44. The largest absolute Gasteiger partial charge is 0.495 e. The second kappa shape index (κ2) is 7.49. The van der Waals surface area contributed by atoms with Gasteiger partial charge in [-0.2, -0.15) is 0 Å². The van der Waals surface area contributed by atoms with E-state index in [1.807, 2.05) is 60.8 Å². The smallest absolute Gasteiger partial charge is 0.234 e. The Morgan fingerprint density at radius 1 is 1.24 bits per heavy atom. The maximum absolute atomic E-state index is 13.5. The molecular weight excluding hydrogens is 418 g/mol. The lowest BCUT2D eigenvalue weighted by molar-refractivity contribution is -0.131. The molecule has 4 unspecified atom stereocenters. The van der Waals surface area contributed by atoms with Crippen molar-refractivity contribution in [1.82, 2.24) is 10.3 Å². The van der Waals surface area contributed by atoms with Crippen molar-refractivity contribution < 1.29 is 19.1 Å². The Hall–Kier alpha value is -3.58. The number of H-pyrrole nitrogens is 1. The number of ether oxygens (including phenoxy) is 2. The Morgan fingerprint density at radius 3 is 2.94 bits per heavy atom. The summed E-state index contributed by atoms with van der Waals surface area (Å²) in [4.78, 5) is 31.7. The molecule has 7 nitrogen and oxygen atoms in total. The minimum Gasteiger partial charge on any atom is -0.495 e. The summed E-state index contributed by atoms with van der Waals surface area (Å²) in [6.45, 7) is 0.876. The van der Waals surface area contributed by atoms with Gasteiger partial charge >= 0.3 is 0 Å². The van der Waals surface area contributed by atoms with Gasteiger partial charge in [0.15, 0.2) is 0 Å². The lowest BCUT2D eigenvalue weighted by atomic mass is 9.77. The summed E-state index contributed by atoms with van der Waals surface area (Å²) < 4.78 is 11.7. The average molecular weight is 444 g/mol. The predicted octanol–water partition coefficient (Wildman–Crippen LogP) is 2.82. The molecule has 4 heterocycles. The highest BCUT2D eigenvalue weighted by Gasteiger charge is 2.67. The van der Waals surface area contributed by atoms with Gasteiger partial charge in [-0.15, -0.1) is 0 Å². The molecule has 3 aliphatic rings. The zero-order valence-corrected chi connectivity index (χ0v) is 18.3. The van der Waals surface area contributed by atoms with Crippen LogP contribution in [0.4, 0.5) is 5.69 Å². The Morgan fingerprint density at radius 2 is 2.06 bits per heavy atom. The van der Waals surface area contributed by atoms with Crippen molar-refractivity contribution >= 4 is 28.4 Å². The molecule has 0 radical (unpaired) electrons. The van der Waals surface area contributed by atoms with Crippen LogP contribution in [0.1, 0.15) is 5.56 Å². The number of hydrogen-bond donors (Lipinski definition) is 2. The van der Waals surface area contributed by atoms with E-state index in [1.54, 1.807) is 12.0 Å². The van der Waals surface area contributed by atoms with Crippen LogP contribution in [0.15, 0.2) is 66.9 Å². The first kappa shape index (κ1) is 20.1. The SMILES string of the molecule is COc1ccccc1N1CC23C=CC(O2)C(C(=O)NCCc2c[nH]c4ccccc24)C3C1=O. The minimum absolute atomic E-state index is 0.0943. The van der Waals surface area contributed by atoms with E-state index in [-0.39, 0.29) is 17.9 Å². The molecule has 2 N–H and O–H groups in total. The number of methoxy groups -OCH3 is 1. The fraction of sp³-hybridized carbons (Fsp3) is 0.308. The van der Waals surface area contributed by atoms with Gasteiger partial charge in [0, 0.05) is 23.6 Å². The highest BCUT2D eigenvalue weighted by Crippen LogP contribution is 2.53. The number of benzene rings is 2. The van der Waals surface area contributed by atoms with Gasteiger partial charge in [0.2, 0.25) is 11.8 Å². The highest BCUT2D eigenvalue weighted by atomic mass is 16.5. The molecule has 33 heavy (non-hydrogen) atoms. The van der Waals surface area contributed by atoms with Gasteiger partial charge in [-0.05, 0) is 30.2 Å². The number of rotatable bonds is 6. The lowest BCUT2D eigenvalue weighted by Gasteiger charge is -2.23. The summed E-state index contributed by atoms with van der Waals surface area (Å²) in [6.07, 6.45) is 6.22. The van der Waals surface area contributed by atoms with Gasteiger partial charge in [0.25, 0.3) is 0 Å². The monoisotopic (exact) mass is 443 g/mol. The van der Waals surface area contributed by atoms with Crippen molar-refractivity contribution in [3.05, 3.63) is 72.4 Å². The Bertz CT molecular complexity index is 1280. The number of carbonyl (C=O) groups excluding carboxylic acids is 2. The van der Waals surface area contributed by atoms with Crippen LogP contribution >= 0.6 is 0 Å². The molecule has 4 atom stereocenters. The maximum atomic E-state index is 13.5. The summed E-state index contributed by atoms with van der Waals surface area (Å²) in [5, 5.41) is 4.22. The van der Waals surface area contributed by atoms with Crippen molar-refractivity contribution in [3.8, 4) is 5.75 Å². The Labute approximate surface area is 191 Å². The summed E-state index contributed by atoms with van der Waals surface area (Å²) in [7, 11) is 1.59. The van der Waals surface area contributed by atoms with E-state index in [9.17, 15) is 9.59 Å². The van der Waals surface area contributed by atoms with Crippen molar-refractivity contribution in [2.24, 2.45) is 11.8 Å². The van der Waals surface area contributed by atoms with E-state index >= 15 is 0 Å². The van der Waals surface area contributed by atoms with Crippen LogP contribution in [-0.2, 0) is 20.7 Å². The van der Waals surface area contributed by atoms with Gasteiger partial charge in [0.05, 0.1) is 37.3 Å². The third-order valence-corrected chi connectivity index (χ3v) is 7.15. The van der Waals surface area contributed by atoms with Crippen LogP contribution in [0.5, 0.6) is 5.75 Å². The van der Waals surface area contributed by atoms with Gasteiger partial charge in [-0.1, -0.05) is 42.5 Å². The predicted molar refractivity (Wildman–Crippen MR) is 124 cm³/mol. The third-order valence-electron chi connectivity index (χ3n) is 7.15. The molecule has 2 fully saturated rings. The van der Waals surface area contributed by atoms with Crippen LogP contribution in [-0.4, -0.2) is 48.7 Å². The number of nitrogens with one attached hydrogen (secondary N) is 2. The minimum atomic E-state index is -0.762. The number of anilines is 1. The fourth-order valence-electron chi connectivity index (χ4n) is 5.63. The van der Waals surface area contributed by atoms with Gasteiger partial charge in [-0.3, -0.25) is 9.59 Å². The number of carbonyl (C=O) groups is 2. The molecule has 3 aromatic rings. The number of nitrogens with zero attached hydrogens (tertiary/aromatic N) is 1. The zero-order chi connectivity index (χ0) is 22.6. The highest BCUT2D eigenvalue weighted by molar-refractivity contribution is 6.04. The zero-order valence-electron chi connectivity index (χ0n) is 18.3. The number of fused-ring (bicyclic) bond motifs is 2. The molecule has 1 spiro atoms. The molecule has 6 rings (SSSR count). The quantitative estimate of drug-likeness (QED) is 0.574. The van der Waals surface area contributed by atoms with Crippen LogP contribution in [0.25, 0.3) is 10.9 Å². The Balaban J connectivity index is 1.19.